The van der Waals surface area contributed by atoms with Crippen molar-refractivity contribution in [1.82, 2.24) is 14.7 Å². The molecule has 2 atom stereocenters. The average molecular weight is 495 g/mol. The molecule has 0 spiro atoms. The van der Waals surface area contributed by atoms with Gasteiger partial charge in [0.25, 0.3) is 0 Å². The van der Waals surface area contributed by atoms with Gasteiger partial charge >= 0.3 is 0 Å². The Balaban J connectivity index is 0.00000153. The number of unbranched alkanes of at least 4 members (excludes halogenated alkanes) is 1. The van der Waals surface area contributed by atoms with Crippen LogP contribution in [0.2, 0.25) is 0 Å². The van der Waals surface area contributed by atoms with Gasteiger partial charge in [0.1, 0.15) is 5.84 Å². The Morgan fingerprint density at radius 2 is 1.55 bits per heavy atom. The third-order valence-corrected chi connectivity index (χ3v) is 8.08. The third-order valence-electron chi connectivity index (χ3n) is 7.34. The topological polar surface area (TPSA) is 87.7 Å². The minimum atomic E-state index is -0.0136. The van der Waals surface area contributed by atoms with Crippen LogP contribution in [-0.4, -0.2) is 77.1 Å². The van der Waals surface area contributed by atoms with Crippen molar-refractivity contribution in [2.75, 3.05) is 39.3 Å². The molecule has 2 N–H and O–H groups in total. The van der Waals surface area contributed by atoms with Crippen molar-refractivity contribution >= 4 is 42.0 Å². The van der Waals surface area contributed by atoms with Gasteiger partial charge in [0, 0.05) is 44.0 Å². The van der Waals surface area contributed by atoms with Crippen LogP contribution in [0.3, 0.4) is 0 Å². The van der Waals surface area contributed by atoms with Gasteiger partial charge in [-0.1, -0.05) is 37.1 Å². The second-order valence-electron chi connectivity index (χ2n) is 9.21. The Bertz CT molecular complexity index is 851. The molecule has 9 heteroatoms. The van der Waals surface area contributed by atoms with Gasteiger partial charge in [-0.25, -0.2) is 0 Å². The van der Waals surface area contributed by atoms with Crippen LogP contribution in [0.5, 0.6) is 0 Å². The smallest absolute Gasteiger partial charge is 0.233 e. The van der Waals surface area contributed by atoms with Crippen molar-refractivity contribution in [1.29, 1.82) is 0 Å². The number of amides is 2. The summed E-state index contributed by atoms with van der Waals surface area (Å²) in [5.41, 5.74) is 2.67. The normalized spacial score (nSPS) is 25.0. The van der Waals surface area contributed by atoms with Gasteiger partial charge in [-0.3, -0.25) is 19.4 Å². The maximum Gasteiger partial charge on any atom is 0.233 e. The van der Waals surface area contributed by atoms with E-state index in [9.17, 15) is 9.59 Å². The fourth-order valence-corrected chi connectivity index (χ4v) is 6.34. The first-order chi connectivity index (χ1) is 15.2. The number of hydrogen-bond donors (Lipinski definition) is 0. The van der Waals surface area contributed by atoms with Crippen molar-refractivity contribution in [3.63, 3.8) is 0 Å². The molecule has 2 amide bonds. The van der Waals surface area contributed by atoms with Crippen molar-refractivity contribution in [2.24, 2.45) is 16.2 Å². The number of imide groups is 1. The summed E-state index contributed by atoms with van der Waals surface area (Å²) in [6.07, 6.45) is 5.95. The van der Waals surface area contributed by atoms with Gasteiger partial charge in [0.2, 0.25) is 11.8 Å². The minimum absolute atomic E-state index is 0. The van der Waals surface area contributed by atoms with Crippen molar-refractivity contribution in [3.05, 3.63) is 35.4 Å². The molecule has 0 bridgehead atoms. The summed E-state index contributed by atoms with van der Waals surface area (Å²) >= 11 is 1.65. The maximum absolute atomic E-state index is 12.6. The van der Waals surface area contributed by atoms with Crippen LogP contribution in [0, 0.1) is 11.8 Å². The predicted molar refractivity (Wildman–Crippen MR) is 135 cm³/mol. The Kier molecular flexibility index (Phi) is 9.21. The van der Waals surface area contributed by atoms with E-state index < -0.39 is 0 Å². The molecule has 33 heavy (non-hydrogen) atoms. The number of amidine groups is 1. The van der Waals surface area contributed by atoms with Crippen LogP contribution in [0.25, 0.3) is 0 Å². The van der Waals surface area contributed by atoms with Crippen LogP contribution < -0.4 is 0 Å². The van der Waals surface area contributed by atoms with Gasteiger partial charge < -0.3 is 10.4 Å². The first-order valence-electron chi connectivity index (χ1n) is 11.8. The second-order valence-corrected chi connectivity index (χ2v) is 9.94. The first-order valence-corrected chi connectivity index (χ1v) is 12.8. The second kappa shape index (κ2) is 11.7. The number of carbonyl (C=O) groups excluding carboxylic acids is 2. The standard InChI is InChI=1S/C24H32N4O2S.ClH.H2O/c29-23-20-9-3-4-10-21(20)24(30)28(23)12-6-5-11-26-13-15-27(16-14-26)22-19-8-2-1-7-18(19)17-31-25-22;;/h1-2,7-8,20-21H,3-6,9-17H2;1H;1H2/t20-,21+;;. The SMILES string of the molecule is Cl.O.O=C1[C@H]2CCCC[C@H]2C(=O)N1CCCCN1CCN(C2=NSCc3ccccc32)CC1. The van der Waals surface area contributed by atoms with Gasteiger partial charge in [0.15, 0.2) is 0 Å². The van der Waals surface area contributed by atoms with Gasteiger partial charge in [-0.15, -0.1) is 12.4 Å². The molecular formula is C24H35ClN4O3S. The lowest BCUT2D eigenvalue weighted by Crippen LogP contribution is -2.49. The highest BCUT2D eigenvalue weighted by Gasteiger charge is 2.47. The van der Waals surface area contributed by atoms with E-state index >= 15 is 0 Å². The number of piperazine rings is 1. The molecule has 2 saturated heterocycles. The lowest BCUT2D eigenvalue weighted by molar-refractivity contribution is -0.140. The molecule has 1 aliphatic carbocycles. The molecule has 3 heterocycles. The number of nitrogens with zero attached hydrogens (tertiary/aromatic N) is 4. The monoisotopic (exact) mass is 494 g/mol. The van der Waals surface area contributed by atoms with E-state index in [2.05, 4.69) is 34.1 Å². The first kappa shape index (κ1) is 26.0. The molecule has 0 unspecified atom stereocenters. The van der Waals surface area contributed by atoms with Crippen LogP contribution in [-0.2, 0) is 15.3 Å². The van der Waals surface area contributed by atoms with Crippen LogP contribution >= 0.6 is 24.4 Å². The highest BCUT2D eigenvalue weighted by atomic mass is 35.5. The molecule has 3 aliphatic heterocycles. The number of carbonyl (C=O) groups is 2. The van der Waals surface area contributed by atoms with Crippen LogP contribution in [0.1, 0.15) is 49.7 Å². The van der Waals surface area contributed by atoms with E-state index in [0.29, 0.717) is 6.54 Å². The zero-order valence-corrected chi connectivity index (χ0v) is 20.7. The van der Waals surface area contributed by atoms with E-state index in [1.54, 1.807) is 16.8 Å². The molecule has 1 aromatic carbocycles. The summed E-state index contributed by atoms with van der Waals surface area (Å²) in [6.45, 7) is 5.72. The van der Waals surface area contributed by atoms with E-state index in [1.165, 1.54) is 11.1 Å². The highest BCUT2D eigenvalue weighted by Crippen LogP contribution is 2.38. The molecule has 5 rings (SSSR count). The molecule has 3 fully saturated rings. The van der Waals surface area contributed by atoms with Crippen molar-refractivity contribution in [3.8, 4) is 0 Å². The molecule has 182 valence electrons. The number of hydrogen-bond acceptors (Lipinski definition) is 6. The minimum Gasteiger partial charge on any atom is -0.412 e. The summed E-state index contributed by atoms with van der Waals surface area (Å²) in [5.74, 6) is 2.28. The fraction of sp³-hybridized carbons (Fsp3) is 0.625. The molecular weight excluding hydrogens is 460 g/mol. The molecule has 7 nitrogen and oxygen atoms in total. The summed E-state index contributed by atoms with van der Waals surface area (Å²) in [6, 6.07) is 8.61. The number of halogens is 1. The molecule has 0 radical (unpaired) electrons. The summed E-state index contributed by atoms with van der Waals surface area (Å²) in [4.78, 5) is 31.7. The van der Waals surface area contributed by atoms with Crippen LogP contribution in [0.4, 0.5) is 0 Å². The molecule has 0 aromatic heterocycles. The lowest BCUT2D eigenvalue weighted by Gasteiger charge is -2.37. The highest BCUT2D eigenvalue weighted by molar-refractivity contribution is 7.97. The quantitative estimate of drug-likeness (QED) is 0.357. The number of likely N-dealkylation sites (tertiary alicyclic amines) is 1. The number of fused-ring (bicyclic) bond motifs is 2. The lowest BCUT2D eigenvalue weighted by atomic mass is 9.81. The Labute approximate surface area is 206 Å². The number of benzene rings is 1. The summed E-state index contributed by atoms with van der Waals surface area (Å²) < 4.78 is 4.76. The van der Waals surface area contributed by atoms with Crippen molar-refractivity contribution < 1.29 is 15.1 Å². The summed E-state index contributed by atoms with van der Waals surface area (Å²) in [5, 5.41) is 0. The zero-order chi connectivity index (χ0) is 21.2. The van der Waals surface area contributed by atoms with Crippen molar-refractivity contribution in [2.45, 2.75) is 44.3 Å². The summed E-state index contributed by atoms with van der Waals surface area (Å²) in [7, 11) is 0. The zero-order valence-electron chi connectivity index (χ0n) is 19.1. The molecule has 1 aromatic rings. The van der Waals surface area contributed by atoms with E-state index in [0.717, 1.165) is 82.8 Å². The van der Waals surface area contributed by atoms with E-state index in [-0.39, 0.29) is 41.5 Å². The fourth-order valence-electron chi connectivity index (χ4n) is 5.54. The van der Waals surface area contributed by atoms with E-state index in [4.69, 9.17) is 4.40 Å². The van der Waals surface area contributed by atoms with E-state index in [1.807, 2.05) is 0 Å². The molecule has 1 saturated carbocycles. The maximum atomic E-state index is 12.6. The van der Waals surface area contributed by atoms with Gasteiger partial charge in [-0.2, -0.15) is 4.40 Å². The Morgan fingerprint density at radius 1 is 0.909 bits per heavy atom. The van der Waals surface area contributed by atoms with Crippen LogP contribution in [0.15, 0.2) is 28.7 Å². The third kappa shape index (κ3) is 5.39. The largest absolute Gasteiger partial charge is 0.412 e. The van der Waals surface area contributed by atoms with Gasteiger partial charge in [-0.05, 0) is 49.7 Å². The predicted octanol–water partition coefficient (Wildman–Crippen LogP) is 2.77. The van der Waals surface area contributed by atoms with Gasteiger partial charge in [0.05, 0.1) is 11.8 Å². The molecule has 4 aliphatic rings. The average Bonchev–Trinajstić information content (AvgIpc) is 3.07. The Hall–Kier alpha value is -1.61. The Morgan fingerprint density at radius 3 is 2.24 bits per heavy atom. The number of rotatable bonds is 5.